The van der Waals surface area contributed by atoms with Crippen molar-refractivity contribution in [3.63, 3.8) is 0 Å². The fourth-order valence-corrected chi connectivity index (χ4v) is 3.26. The molecule has 0 radical (unpaired) electrons. The van der Waals surface area contributed by atoms with Crippen molar-refractivity contribution >= 4 is 17.6 Å². The van der Waals surface area contributed by atoms with Gasteiger partial charge < -0.3 is 19.1 Å². The van der Waals surface area contributed by atoms with Crippen LogP contribution in [0.1, 0.15) is 36.2 Å². The van der Waals surface area contributed by atoms with E-state index in [9.17, 15) is 9.59 Å². The maximum Gasteiger partial charge on any atom is 0.338 e. The molecule has 1 aliphatic rings. The molecule has 0 N–H and O–H groups in total. The summed E-state index contributed by atoms with van der Waals surface area (Å²) < 4.78 is 16.3. The number of carbonyl (C=O) groups excluding carboxylic acids is 2. The lowest BCUT2D eigenvalue weighted by Crippen LogP contribution is -2.38. The summed E-state index contributed by atoms with van der Waals surface area (Å²) in [4.78, 5) is 26.7. The summed E-state index contributed by atoms with van der Waals surface area (Å²) in [5.74, 6) is 0.260. The predicted molar refractivity (Wildman–Crippen MR) is 106 cm³/mol. The fraction of sp³-hybridized carbons (Fsp3) is 0.364. The number of carbonyl (C=O) groups is 2. The molecule has 148 valence electrons. The zero-order valence-corrected chi connectivity index (χ0v) is 16.3. The number of ether oxygens (including phenoxy) is 3. The number of hydrogen-bond acceptors (Lipinski definition) is 5. The standard InChI is InChI=1S/C22H25NO5/c1-3-26-19-12-11-17(14-20(19)27-4-2)22(25)28-15-21(24)23-13-7-9-16-8-5-6-10-18(16)23/h5-6,8,10-12,14H,3-4,7,9,13,15H2,1-2H3. The predicted octanol–water partition coefficient (Wildman–Crippen LogP) is 3.62. The first-order valence-electron chi connectivity index (χ1n) is 9.59. The van der Waals surface area contributed by atoms with Crippen LogP contribution in [-0.2, 0) is 16.0 Å². The van der Waals surface area contributed by atoms with Crippen molar-refractivity contribution in [1.29, 1.82) is 0 Å². The van der Waals surface area contributed by atoms with Crippen LogP contribution >= 0.6 is 0 Å². The first-order chi connectivity index (χ1) is 13.6. The molecule has 0 unspecified atom stereocenters. The number of hydrogen-bond donors (Lipinski definition) is 0. The van der Waals surface area contributed by atoms with Gasteiger partial charge in [-0.3, -0.25) is 4.79 Å². The van der Waals surface area contributed by atoms with Gasteiger partial charge >= 0.3 is 5.97 Å². The molecule has 0 saturated carbocycles. The Labute approximate surface area is 165 Å². The molecule has 6 nitrogen and oxygen atoms in total. The number of para-hydroxylation sites is 1. The Kier molecular flexibility index (Phi) is 6.53. The van der Waals surface area contributed by atoms with Crippen LogP contribution in [0, 0.1) is 0 Å². The van der Waals surface area contributed by atoms with Crippen molar-refractivity contribution in [2.24, 2.45) is 0 Å². The largest absolute Gasteiger partial charge is 0.490 e. The minimum atomic E-state index is -0.567. The van der Waals surface area contributed by atoms with Gasteiger partial charge in [-0.1, -0.05) is 18.2 Å². The van der Waals surface area contributed by atoms with Gasteiger partial charge in [0.1, 0.15) is 0 Å². The Morgan fingerprint density at radius 3 is 2.54 bits per heavy atom. The third kappa shape index (κ3) is 4.44. The number of nitrogens with zero attached hydrogens (tertiary/aromatic N) is 1. The molecular weight excluding hydrogens is 358 g/mol. The van der Waals surface area contributed by atoms with Gasteiger partial charge in [-0.15, -0.1) is 0 Å². The Morgan fingerprint density at radius 2 is 1.75 bits per heavy atom. The Morgan fingerprint density at radius 1 is 1.00 bits per heavy atom. The molecule has 0 atom stereocenters. The molecule has 28 heavy (non-hydrogen) atoms. The van der Waals surface area contributed by atoms with Crippen LogP contribution in [0.2, 0.25) is 0 Å². The molecular formula is C22H25NO5. The molecule has 1 amide bonds. The highest BCUT2D eigenvalue weighted by Crippen LogP contribution is 2.29. The van der Waals surface area contributed by atoms with Gasteiger partial charge in [-0.2, -0.15) is 0 Å². The second-order valence-corrected chi connectivity index (χ2v) is 6.38. The van der Waals surface area contributed by atoms with E-state index in [0.29, 0.717) is 36.8 Å². The van der Waals surface area contributed by atoms with Gasteiger partial charge in [-0.25, -0.2) is 4.79 Å². The number of anilines is 1. The van der Waals surface area contributed by atoms with Crippen molar-refractivity contribution in [2.75, 3.05) is 31.3 Å². The second kappa shape index (κ2) is 9.26. The summed E-state index contributed by atoms with van der Waals surface area (Å²) in [5, 5.41) is 0. The average molecular weight is 383 g/mol. The van der Waals surface area contributed by atoms with E-state index in [0.717, 1.165) is 24.1 Å². The summed E-state index contributed by atoms with van der Waals surface area (Å²) in [7, 11) is 0. The van der Waals surface area contributed by atoms with Crippen LogP contribution in [0.15, 0.2) is 42.5 Å². The lowest BCUT2D eigenvalue weighted by molar-refractivity contribution is -0.121. The van der Waals surface area contributed by atoms with E-state index in [-0.39, 0.29) is 12.5 Å². The summed E-state index contributed by atoms with van der Waals surface area (Å²) in [5.41, 5.74) is 2.36. The highest BCUT2D eigenvalue weighted by atomic mass is 16.5. The number of fused-ring (bicyclic) bond motifs is 1. The molecule has 2 aromatic carbocycles. The normalized spacial score (nSPS) is 12.9. The maximum absolute atomic E-state index is 12.6. The van der Waals surface area contributed by atoms with Crippen molar-refractivity contribution in [3.8, 4) is 11.5 Å². The molecule has 0 saturated heterocycles. The summed E-state index contributed by atoms with van der Waals surface area (Å²) in [6.07, 6.45) is 1.85. The number of benzene rings is 2. The lowest BCUT2D eigenvalue weighted by atomic mass is 10.0. The van der Waals surface area contributed by atoms with Crippen molar-refractivity contribution < 1.29 is 23.8 Å². The number of amides is 1. The molecule has 0 spiro atoms. The molecule has 2 aromatic rings. The van der Waals surface area contributed by atoms with Crippen LogP contribution in [0.5, 0.6) is 11.5 Å². The quantitative estimate of drug-likeness (QED) is 0.683. The minimum absolute atomic E-state index is 0.225. The van der Waals surface area contributed by atoms with E-state index in [1.54, 1.807) is 23.1 Å². The summed E-state index contributed by atoms with van der Waals surface area (Å²) in [6.45, 7) is 5.01. The van der Waals surface area contributed by atoms with Crippen LogP contribution in [0.4, 0.5) is 5.69 Å². The van der Waals surface area contributed by atoms with Crippen molar-refractivity contribution in [1.82, 2.24) is 0 Å². The Bertz CT molecular complexity index is 849. The molecule has 6 heteroatoms. The zero-order chi connectivity index (χ0) is 19.9. The molecule has 1 aliphatic heterocycles. The van der Waals surface area contributed by atoms with Gasteiger partial charge in [0.25, 0.3) is 5.91 Å². The minimum Gasteiger partial charge on any atom is -0.490 e. The lowest BCUT2D eigenvalue weighted by Gasteiger charge is -2.29. The molecule has 3 rings (SSSR count). The first kappa shape index (κ1) is 19.7. The van der Waals surface area contributed by atoms with Gasteiger partial charge in [0.05, 0.1) is 18.8 Å². The fourth-order valence-electron chi connectivity index (χ4n) is 3.26. The first-order valence-corrected chi connectivity index (χ1v) is 9.59. The third-order valence-electron chi connectivity index (χ3n) is 4.52. The van der Waals surface area contributed by atoms with E-state index in [2.05, 4.69) is 0 Å². The van der Waals surface area contributed by atoms with E-state index in [1.165, 1.54) is 0 Å². The van der Waals surface area contributed by atoms with Gasteiger partial charge in [0.2, 0.25) is 0 Å². The molecule has 0 aromatic heterocycles. The van der Waals surface area contributed by atoms with Gasteiger partial charge in [-0.05, 0) is 56.5 Å². The SMILES string of the molecule is CCOc1ccc(C(=O)OCC(=O)N2CCCc3ccccc32)cc1OCC. The molecule has 0 fully saturated rings. The van der Waals surface area contributed by atoms with E-state index in [1.807, 2.05) is 38.1 Å². The second-order valence-electron chi connectivity index (χ2n) is 6.38. The summed E-state index contributed by atoms with van der Waals surface area (Å²) in [6, 6.07) is 12.7. The Hall–Kier alpha value is -3.02. The third-order valence-corrected chi connectivity index (χ3v) is 4.52. The highest BCUT2D eigenvalue weighted by Gasteiger charge is 2.23. The summed E-state index contributed by atoms with van der Waals surface area (Å²) >= 11 is 0. The van der Waals surface area contributed by atoms with Crippen molar-refractivity contribution in [2.45, 2.75) is 26.7 Å². The van der Waals surface area contributed by atoms with Crippen LogP contribution in [0.25, 0.3) is 0 Å². The highest BCUT2D eigenvalue weighted by molar-refractivity contribution is 5.98. The van der Waals surface area contributed by atoms with Crippen LogP contribution in [0.3, 0.4) is 0 Å². The smallest absolute Gasteiger partial charge is 0.338 e. The number of aryl methyl sites for hydroxylation is 1. The average Bonchev–Trinajstić information content (AvgIpc) is 2.73. The van der Waals surface area contributed by atoms with E-state index >= 15 is 0 Å². The monoisotopic (exact) mass is 383 g/mol. The van der Waals surface area contributed by atoms with Crippen LogP contribution < -0.4 is 14.4 Å². The molecule has 0 bridgehead atoms. The van der Waals surface area contributed by atoms with Crippen LogP contribution in [-0.4, -0.2) is 38.2 Å². The molecule has 1 heterocycles. The van der Waals surface area contributed by atoms with Gasteiger partial charge in [0, 0.05) is 12.2 Å². The van der Waals surface area contributed by atoms with E-state index in [4.69, 9.17) is 14.2 Å². The molecule has 0 aliphatic carbocycles. The Balaban J connectivity index is 1.66. The number of rotatable bonds is 7. The van der Waals surface area contributed by atoms with E-state index < -0.39 is 5.97 Å². The maximum atomic E-state index is 12.6. The topological polar surface area (TPSA) is 65.1 Å². The zero-order valence-electron chi connectivity index (χ0n) is 16.3. The number of esters is 1. The van der Waals surface area contributed by atoms with Gasteiger partial charge in [0.15, 0.2) is 18.1 Å². The van der Waals surface area contributed by atoms with Crippen molar-refractivity contribution in [3.05, 3.63) is 53.6 Å².